The highest BCUT2D eigenvalue weighted by Crippen LogP contribution is 2.38. The van der Waals surface area contributed by atoms with E-state index in [1.807, 2.05) is 41.3 Å². The van der Waals surface area contributed by atoms with Crippen molar-refractivity contribution in [2.45, 2.75) is 23.8 Å². The van der Waals surface area contributed by atoms with Crippen molar-refractivity contribution in [3.05, 3.63) is 42.0 Å². The van der Waals surface area contributed by atoms with Crippen molar-refractivity contribution in [3.63, 3.8) is 0 Å². The summed E-state index contributed by atoms with van der Waals surface area (Å²) < 4.78 is 21.9. The molecule has 0 aliphatic carbocycles. The number of methoxy groups -OCH3 is 2. The van der Waals surface area contributed by atoms with Crippen molar-refractivity contribution in [1.29, 1.82) is 0 Å². The van der Waals surface area contributed by atoms with Gasteiger partial charge in [-0.25, -0.2) is 0 Å². The molecule has 2 aliphatic heterocycles. The number of carbonyl (C=O) groups is 1. The summed E-state index contributed by atoms with van der Waals surface area (Å²) in [6.07, 6.45) is 1.95. The molecular formula is C22H25NO5S. The molecule has 0 radical (unpaired) electrons. The molecule has 154 valence electrons. The van der Waals surface area contributed by atoms with Crippen molar-refractivity contribution in [1.82, 2.24) is 4.90 Å². The predicted octanol–water partition coefficient (Wildman–Crippen LogP) is 3.93. The zero-order chi connectivity index (χ0) is 20.2. The van der Waals surface area contributed by atoms with E-state index in [0.717, 1.165) is 41.3 Å². The fraction of sp³-hybridized carbons (Fsp3) is 0.409. The minimum absolute atomic E-state index is 0.0724. The van der Waals surface area contributed by atoms with Crippen molar-refractivity contribution < 1.29 is 23.7 Å². The van der Waals surface area contributed by atoms with Crippen LogP contribution in [0.25, 0.3) is 0 Å². The quantitative estimate of drug-likeness (QED) is 0.667. The predicted molar refractivity (Wildman–Crippen MR) is 111 cm³/mol. The maximum absolute atomic E-state index is 13.0. The van der Waals surface area contributed by atoms with Gasteiger partial charge >= 0.3 is 0 Å². The highest BCUT2D eigenvalue weighted by molar-refractivity contribution is 8.00. The average Bonchev–Trinajstić information content (AvgIpc) is 3.27. The number of benzene rings is 2. The number of rotatable bonds is 6. The van der Waals surface area contributed by atoms with Gasteiger partial charge in [-0.2, -0.15) is 0 Å². The molecule has 1 atom stereocenters. The monoisotopic (exact) mass is 415 g/mol. The van der Waals surface area contributed by atoms with Gasteiger partial charge < -0.3 is 23.8 Å². The molecule has 0 aromatic heterocycles. The van der Waals surface area contributed by atoms with Gasteiger partial charge in [0.1, 0.15) is 13.2 Å². The van der Waals surface area contributed by atoms with Crippen molar-refractivity contribution >= 4 is 17.7 Å². The van der Waals surface area contributed by atoms with Crippen LogP contribution in [0.1, 0.15) is 24.4 Å². The Balaban J connectivity index is 1.43. The van der Waals surface area contributed by atoms with Gasteiger partial charge in [0, 0.05) is 11.4 Å². The summed E-state index contributed by atoms with van der Waals surface area (Å²) in [6.45, 7) is 1.91. The lowest BCUT2D eigenvalue weighted by Crippen LogP contribution is -2.32. The summed E-state index contributed by atoms with van der Waals surface area (Å²) >= 11 is 1.53. The molecule has 1 saturated heterocycles. The van der Waals surface area contributed by atoms with Crippen LogP contribution in [-0.2, 0) is 4.79 Å². The molecular weight excluding hydrogens is 390 g/mol. The number of amides is 1. The summed E-state index contributed by atoms with van der Waals surface area (Å²) in [6, 6.07) is 11.8. The van der Waals surface area contributed by atoms with Crippen LogP contribution in [0.4, 0.5) is 0 Å². The maximum Gasteiger partial charge on any atom is 0.233 e. The van der Waals surface area contributed by atoms with Gasteiger partial charge in [-0.3, -0.25) is 4.79 Å². The Morgan fingerprint density at radius 2 is 1.86 bits per heavy atom. The lowest BCUT2D eigenvalue weighted by Gasteiger charge is -2.26. The van der Waals surface area contributed by atoms with Gasteiger partial charge in [-0.15, -0.1) is 11.8 Å². The summed E-state index contributed by atoms with van der Waals surface area (Å²) in [5.41, 5.74) is 1.08. The molecule has 1 fully saturated rings. The summed E-state index contributed by atoms with van der Waals surface area (Å²) in [4.78, 5) is 15.9. The van der Waals surface area contributed by atoms with E-state index in [-0.39, 0.29) is 11.9 Å². The first-order valence-corrected chi connectivity index (χ1v) is 10.7. The van der Waals surface area contributed by atoms with Crippen LogP contribution < -0.4 is 18.9 Å². The van der Waals surface area contributed by atoms with Gasteiger partial charge in [-0.1, -0.05) is 6.07 Å². The van der Waals surface area contributed by atoms with E-state index in [0.29, 0.717) is 30.5 Å². The number of carbonyl (C=O) groups excluding carboxylic acids is 1. The Kier molecular flexibility index (Phi) is 6.04. The molecule has 0 bridgehead atoms. The second-order valence-electron chi connectivity index (χ2n) is 6.95. The first-order valence-electron chi connectivity index (χ1n) is 9.73. The van der Waals surface area contributed by atoms with Crippen LogP contribution >= 0.6 is 11.8 Å². The number of fused-ring (bicyclic) bond motifs is 1. The zero-order valence-corrected chi connectivity index (χ0v) is 17.5. The standard InChI is InChI=1S/C22H25NO5S/c1-25-18-7-5-15(12-20(18)26-2)17-4-3-9-23(17)22(24)14-29-16-6-8-19-21(13-16)28-11-10-27-19/h5-8,12-13,17H,3-4,9-11,14H2,1-2H3. The van der Waals surface area contributed by atoms with E-state index < -0.39 is 0 Å². The van der Waals surface area contributed by atoms with Crippen LogP contribution in [0.15, 0.2) is 41.3 Å². The van der Waals surface area contributed by atoms with Crippen LogP contribution in [0, 0.1) is 0 Å². The third kappa shape index (κ3) is 4.24. The van der Waals surface area contributed by atoms with Crippen LogP contribution in [0.3, 0.4) is 0 Å². The topological polar surface area (TPSA) is 57.2 Å². The summed E-state index contributed by atoms with van der Waals surface area (Å²) in [7, 11) is 3.25. The Bertz CT molecular complexity index is 888. The molecule has 2 aliphatic rings. The van der Waals surface area contributed by atoms with Crippen molar-refractivity contribution in [3.8, 4) is 23.0 Å². The summed E-state index contributed by atoms with van der Waals surface area (Å²) in [5.74, 6) is 3.43. The molecule has 2 aromatic carbocycles. The number of ether oxygens (including phenoxy) is 4. The van der Waals surface area contributed by atoms with Crippen LogP contribution in [0.2, 0.25) is 0 Å². The van der Waals surface area contributed by atoms with E-state index in [1.54, 1.807) is 14.2 Å². The van der Waals surface area contributed by atoms with Crippen LogP contribution in [0.5, 0.6) is 23.0 Å². The smallest absolute Gasteiger partial charge is 0.233 e. The lowest BCUT2D eigenvalue weighted by atomic mass is 10.0. The van der Waals surface area contributed by atoms with E-state index in [4.69, 9.17) is 18.9 Å². The molecule has 0 saturated carbocycles. The largest absolute Gasteiger partial charge is 0.493 e. The Morgan fingerprint density at radius 1 is 1.07 bits per heavy atom. The third-order valence-electron chi connectivity index (χ3n) is 5.24. The fourth-order valence-electron chi connectivity index (χ4n) is 3.81. The summed E-state index contributed by atoms with van der Waals surface area (Å²) in [5, 5.41) is 0. The normalized spacial score (nSPS) is 17.9. The minimum atomic E-state index is 0.0724. The minimum Gasteiger partial charge on any atom is -0.493 e. The second kappa shape index (κ2) is 8.86. The number of hydrogen-bond acceptors (Lipinski definition) is 6. The molecule has 2 aromatic rings. The molecule has 2 heterocycles. The molecule has 4 rings (SSSR count). The fourth-order valence-corrected chi connectivity index (χ4v) is 4.62. The Hall–Kier alpha value is -2.54. The van der Waals surface area contributed by atoms with E-state index in [9.17, 15) is 4.79 Å². The average molecular weight is 416 g/mol. The molecule has 6 nitrogen and oxygen atoms in total. The molecule has 0 N–H and O–H groups in total. The van der Waals surface area contributed by atoms with Crippen molar-refractivity contribution in [2.24, 2.45) is 0 Å². The SMILES string of the molecule is COc1ccc(C2CCCN2C(=O)CSc2ccc3c(c2)OCCO3)cc1OC. The van der Waals surface area contributed by atoms with Gasteiger partial charge in [-0.05, 0) is 48.7 Å². The Labute approximate surface area is 175 Å². The van der Waals surface area contributed by atoms with Gasteiger partial charge in [0.15, 0.2) is 23.0 Å². The maximum atomic E-state index is 13.0. The first kappa shape index (κ1) is 19.8. The van der Waals surface area contributed by atoms with E-state index >= 15 is 0 Å². The zero-order valence-electron chi connectivity index (χ0n) is 16.7. The highest BCUT2D eigenvalue weighted by Gasteiger charge is 2.30. The van der Waals surface area contributed by atoms with E-state index in [2.05, 4.69) is 0 Å². The van der Waals surface area contributed by atoms with Gasteiger partial charge in [0.2, 0.25) is 5.91 Å². The molecule has 29 heavy (non-hydrogen) atoms. The molecule has 7 heteroatoms. The van der Waals surface area contributed by atoms with E-state index in [1.165, 1.54) is 11.8 Å². The number of likely N-dealkylation sites (tertiary alicyclic amines) is 1. The second-order valence-corrected chi connectivity index (χ2v) is 8.00. The number of nitrogens with zero attached hydrogens (tertiary/aromatic N) is 1. The molecule has 0 spiro atoms. The molecule has 1 unspecified atom stereocenters. The van der Waals surface area contributed by atoms with Crippen molar-refractivity contribution in [2.75, 3.05) is 39.7 Å². The number of hydrogen-bond donors (Lipinski definition) is 0. The Morgan fingerprint density at radius 3 is 2.66 bits per heavy atom. The highest BCUT2D eigenvalue weighted by atomic mass is 32.2. The van der Waals surface area contributed by atoms with Gasteiger partial charge in [0.05, 0.1) is 26.0 Å². The third-order valence-corrected chi connectivity index (χ3v) is 6.22. The number of thioether (sulfide) groups is 1. The lowest BCUT2D eigenvalue weighted by molar-refractivity contribution is -0.129. The van der Waals surface area contributed by atoms with Crippen LogP contribution in [-0.4, -0.2) is 50.5 Å². The van der Waals surface area contributed by atoms with Gasteiger partial charge in [0.25, 0.3) is 0 Å². The molecule has 1 amide bonds. The first-order chi connectivity index (χ1) is 14.2.